The Morgan fingerprint density at radius 2 is 2.38 bits per heavy atom. The minimum Gasteiger partial charge on any atom is -0.465 e. The van der Waals surface area contributed by atoms with Crippen LogP contribution in [0.2, 0.25) is 0 Å². The lowest BCUT2D eigenvalue weighted by Crippen LogP contribution is -2.31. The summed E-state index contributed by atoms with van der Waals surface area (Å²) in [5, 5.41) is 3.88. The van der Waals surface area contributed by atoms with E-state index in [4.69, 9.17) is 4.74 Å². The van der Waals surface area contributed by atoms with Gasteiger partial charge in [0.25, 0.3) is 0 Å². The van der Waals surface area contributed by atoms with Gasteiger partial charge in [0, 0.05) is 6.20 Å². The van der Waals surface area contributed by atoms with Crippen molar-refractivity contribution >= 4 is 11.5 Å². The van der Waals surface area contributed by atoms with E-state index in [0.717, 1.165) is 4.68 Å². The van der Waals surface area contributed by atoms with E-state index in [9.17, 15) is 9.59 Å². The molecule has 0 aromatic carbocycles. The van der Waals surface area contributed by atoms with Crippen LogP contribution in [0.5, 0.6) is 0 Å². The Labute approximate surface area is 91.1 Å². The Morgan fingerprint density at radius 3 is 3.12 bits per heavy atom. The standard InChI is InChI=1S/C10H11N3O3/c1-2-16-9(14)7-13-10(15)12-5-3-4-8(12)6-11-13/h3-6H,2,7H2,1H3. The molecule has 84 valence electrons. The Bertz CT molecular complexity index is 570. The number of ether oxygens (including phenoxy) is 1. The molecule has 6 nitrogen and oxygen atoms in total. The van der Waals surface area contributed by atoms with Gasteiger partial charge in [-0.2, -0.15) is 5.10 Å². The summed E-state index contributed by atoms with van der Waals surface area (Å²) in [6, 6.07) is 3.51. The van der Waals surface area contributed by atoms with Crippen LogP contribution < -0.4 is 5.69 Å². The highest BCUT2D eigenvalue weighted by molar-refractivity contribution is 5.68. The number of hydrogen-bond donors (Lipinski definition) is 0. The molecule has 0 aliphatic rings. The molecule has 0 atom stereocenters. The van der Waals surface area contributed by atoms with Gasteiger partial charge in [0.05, 0.1) is 18.3 Å². The highest BCUT2D eigenvalue weighted by Gasteiger charge is 2.08. The summed E-state index contributed by atoms with van der Waals surface area (Å²) in [5.74, 6) is -0.469. The topological polar surface area (TPSA) is 65.6 Å². The molecule has 0 bridgehead atoms. The highest BCUT2D eigenvalue weighted by Crippen LogP contribution is 1.97. The van der Waals surface area contributed by atoms with Crippen molar-refractivity contribution in [3.63, 3.8) is 0 Å². The van der Waals surface area contributed by atoms with Crippen LogP contribution in [0.1, 0.15) is 6.92 Å². The van der Waals surface area contributed by atoms with Crippen LogP contribution in [0.4, 0.5) is 0 Å². The van der Waals surface area contributed by atoms with Gasteiger partial charge in [-0.1, -0.05) is 0 Å². The molecule has 0 amide bonds. The smallest absolute Gasteiger partial charge is 0.349 e. The van der Waals surface area contributed by atoms with Crippen molar-refractivity contribution in [1.82, 2.24) is 14.2 Å². The molecule has 0 radical (unpaired) electrons. The average molecular weight is 221 g/mol. The fraction of sp³-hybridized carbons (Fsp3) is 0.300. The Balaban J connectivity index is 2.34. The molecule has 2 aromatic heterocycles. The van der Waals surface area contributed by atoms with Crippen LogP contribution in [0, 0.1) is 0 Å². The minimum atomic E-state index is -0.469. The zero-order valence-electron chi connectivity index (χ0n) is 8.79. The fourth-order valence-electron chi connectivity index (χ4n) is 1.41. The molecule has 0 unspecified atom stereocenters. The lowest BCUT2D eigenvalue weighted by Gasteiger charge is -2.04. The first-order chi connectivity index (χ1) is 7.72. The third-order valence-corrected chi connectivity index (χ3v) is 2.12. The molecule has 0 spiro atoms. The van der Waals surface area contributed by atoms with Crippen molar-refractivity contribution in [3.8, 4) is 0 Å². The second-order valence-electron chi connectivity index (χ2n) is 3.19. The second kappa shape index (κ2) is 4.18. The largest absolute Gasteiger partial charge is 0.465 e. The molecular formula is C10H11N3O3. The average Bonchev–Trinajstić information content (AvgIpc) is 2.71. The van der Waals surface area contributed by atoms with Crippen molar-refractivity contribution < 1.29 is 9.53 Å². The Morgan fingerprint density at radius 1 is 1.56 bits per heavy atom. The van der Waals surface area contributed by atoms with E-state index in [0.29, 0.717) is 12.1 Å². The van der Waals surface area contributed by atoms with Crippen molar-refractivity contribution in [2.24, 2.45) is 0 Å². The van der Waals surface area contributed by atoms with E-state index in [1.54, 1.807) is 25.3 Å². The number of rotatable bonds is 3. The van der Waals surface area contributed by atoms with Crippen LogP contribution in [0.3, 0.4) is 0 Å². The molecule has 0 fully saturated rings. The van der Waals surface area contributed by atoms with Crippen LogP contribution in [0.15, 0.2) is 29.3 Å². The third-order valence-electron chi connectivity index (χ3n) is 2.12. The maximum atomic E-state index is 11.8. The van der Waals surface area contributed by atoms with Crippen molar-refractivity contribution in [3.05, 3.63) is 35.0 Å². The zero-order valence-corrected chi connectivity index (χ0v) is 8.79. The first-order valence-electron chi connectivity index (χ1n) is 4.91. The van der Waals surface area contributed by atoms with Gasteiger partial charge in [0.2, 0.25) is 0 Å². The van der Waals surface area contributed by atoms with Crippen LogP contribution in [-0.2, 0) is 16.1 Å². The summed E-state index contributed by atoms with van der Waals surface area (Å²) in [6.45, 7) is 1.84. The van der Waals surface area contributed by atoms with Crippen molar-refractivity contribution in [2.45, 2.75) is 13.5 Å². The number of hydrogen-bond acceptors (Lipinski definition) is 4. The molecule has 0 aliphatic heterocycles. The van der Waals surface area contributed by atoms with E-state index in [-0.39, 0.29) is 12.2 Å². The summed E-state index contributed by atoms with van der Waals surface area (Å²) in [7, 11) is 0. The third kappa shape index (κ3) is 1.81. The summed E-state index contributed by atoms with van der Waals surface area (Å²) < 4.78 is 7.24. The number of esters is 1. The maximum absolute atomic E-state index is 11.8. The summed E-state index contributed by atoms with van der Waals surface area (Å²) >= 11 is 0. The Kier molecular flexibility index (Phi) is 2.72. The lowest BCUT2D eigenvalue weighted by molar-refractivity contribution is -0.144. The first kappa shape index (κ1) is 10.4. The SMILES string of the molecule is CCOC(=O)Cn1ncc2cccn2c1=O. The minimum absolute atomic E-state index is 0.166. The van der Waals surface area contributed by atoms with Gasteiger partial charge in [0.15, 0.2) is 0 Å². The van der Waals surface area contributed by atoms with E-state index >= 15 is 0 Å². The predicted molar refractivity (Wildman–Crippen MR) is 56.1 cm³/mol. The van der Waals surface area contributed by atoms with Crippen LogP contribution >= 0.6 is 0 Å². The van der Waals surface area contributed by atoms with Crippen LogP contribution in [-0.4, -0.2) is 26.8 Å². The number of carbonyl (C=O) groups is 1. The number of aromatic nitrogens is 3. The fourth-order valence-corrected chi connectivity index (χ4v) is 1.41. The van der Waals surface area contributed by atoms with E-state index in [2.05, 4.69) is 5.10 Å². The number of nitrogens with zero attached hydrogens (tertiary/aromatic N) is 3. The predicted octanol–water partition coefficient (Wildman–Crippen LogP) is 0.0591. The first-order valence-corrected chi connectivity index (χ1v) is 4.91. The van der Waals surface area contributed by atoms with Crippen molar-refractivity contribution in [2.75, 3.05) is 6.61 Å². The summed E-state index contributed by atoms with van der Waals surface area (Å²) in [4.78, 5) is 23.0. The quantitative estimate of drug-likeness (QED) is 0.687. The monoisotopic (exact) mass is 221 g/mol. The molecule has 2 rings (SSSR count). The highest BCUT2D eigenvalue weighted by atomic mass is 16.5. The molecular weight excluding hydrogens is 210 g/mol. The number of fused-ring (bicyclic) bond motifs is 1. The number of carbonyl (C=O) groups excluding carboxylic acids is 1. The molecule has 0 aliphatic carbocycles. The van der Waals surface area contributed by atoms with Gasteiger partial charge in [-0.25, -0.2) is 9.48 Å². The molecule has 0 saturated heterocycles. The van der Waals surface area contributed by atoms with Crippen LogP contribution in [0.25, 0.3) is 5.52 Å². The summed E-state index contributed by atoms with van der Waals surface area (Å²) in [5.41, 5.74) is 0.348. The van der Waals surface area contributed by atoms with Gasteiger partial charge < -0.3 is 4.74 Å². The maximum Gasteiger partial charge on any atom is 0.349 e. The van der Waals surface area contributed by atoms with Gasteiger partial charge in [0.1, 0.15) is 6.54 Å². The Hall–Kier alpha value is -2.11. The summed E-state index contributed by atoms with van der Waals surface area (Å²) in [6.07, 6.45) is 3.15. The van der Waals surface area contributed by atoms with Gasteiger partial charge >= 0.3 is 11.7 Å². The van der Waals surface area contributed by atoms with Gasteiger partial charge in [-0.3, -0.25) is 9.20 Å². The second-order valence-corrected chi connectivity index (χ2v) is 3.19. The molecule has 6 heteroatoms. The molecule has 2 aromatic rings. The van der Waals surface area contributed by atoms with Gasteiger partial charge in [-0.05, 0) is 19.1 Å². The lowest BCUT2D eigenvalue weighted by atomic mass is 10.5. The van der Waals surface area contributed by atoms with Gasteiger partial charge in [-0.15, -0.1) is 0 Å². The normalized spacial score (nSPS) is 10.6. The molecule has 2 heterocycles. The molecule has 0 saturated carbocycles. The van der Waals surface area contributed by atoms with E-state index < -0.39 is 5.97 Å². The zero-order chi connectivity index (χ0) is 11.5. The molecule has 16 heavy (non-hydrogen) atoms. The van der Waals surface area contributed by atoms with Crippen molar-refractivity contribution in [1.29, 1.82) is 0 Å². The van der Waals surface area contributed by atoms with E-state index in [1.807, 2.05) is 0 Å². The molecule has 0 N–H and O–H groups in total. The van der Waals surface area contributed by atoms with E-state index in [1.165, 1.54) is 10.6 Å².